The first kappa shape index (κ1) is 21.0. The van der Waals surface area contributed by atoms with E-state index in [0.717, 1.165) is 63.3 Å². The van der Waals surface area contributed by atoms with Crippen molar-refractivity contribution in [1.29, 1.82) is 0 Å². The van der Waals surface area contributed by atoms with E-state index in [1.807, 2.05) is 31.0 Å². The Bertz CT molecular complexity index is 1110. The van der Waals surface area contributed by atoms with E-state index >= 15 is 0 Å². The van der Waals surface area contributed by atoms with E-state index in [0.29, 0.717) is 5.92 Å². The molecule has 32 heavy (non-hydrogen) atoms. The van der Waals surface area contributed by atoms with Crippen molar-refractivity contribution in [2.45, 2.75) is 65.0 Å². The van der Waals surface area contributed by atoms with Crippen LogP contribution in [-0.4, -0.2) is 44.6 Å². The van der Waals surface area contributed by atoms with Gasteiger partial charge in [-0.15, -0.1) is 0 Å². The quantitative estimate of drug-likeness (QED) is 0.631. The number of benzene rings is 1. The molecule has 1 fully saturated rings. The van der Waals surface area contributed by atoms with E-state index in [9.17, 15) is 4.79 Å². The number of carbonyl (C=O) groups excluding carboxylic acids is 1. The van der Waals surface area contributed by atoms with Gasteiger partial charge in [-0.05, 0) is 63.5 Å². The Balaban J connectivity index is 1.24. The summed E-state index contributed by atoms with van der Waals surface area (Å²) in [6, 6.07) is 8.95. The lowest BCUT2D eigenvalue weighted by Gasteiger charge is -2.32. The van der Waals surface area contributed by atoms with E-state index < -0.39 is 0 Å². The summed E-state index contributed by atoms with van der Waals surface area (Å²) >= 11 is 0. The first-order valence-electron chi connectivity index (χ1n) is 12.1. The number of amides is 2. The Labute approximate surface area is 190 Å². The number of urea groups is 1. The third-order valence-corrected chi connectivity index (χ3v) is 6.90. The van der Waals surface area contributed by atoms with Crippen molar-refractivity contribution in [1.82, 2.24) is 24.8 Å². The first-order chi connectivity index (χ1) is 15.6. The highest BCUT2D eigenvalue weighted by Crippen LogP contribution is 2.34. The third kappa shape index (κ3) is 4.23. The minimum absolute atomic E-state index is 0.0702. The van der Waals surface area contributed by atoms with Crippen LogP contribution in [0.3, 0.4) is 0 Å². The summed E-state index contributed by atoms with van der Waals surface area (Å²) < 4.78 is 2.40. The number of likely N-dealkylation sites (tertiary alicyclic amines) is 1. The maximum absolute atomic E-state index is 12.2. The maximum Gasteiger partial charge on any atom is 0.317 e. The van der Waals surface area contributed by atoms with E-state index in [1.165, 1.54) is 28.5 Å². The molecule has 0 radical (unpaired) electrons. The van der Waals surface area contributed by atoms with Crippen LogP contribution in [0.5, 0.6) is 0 Å². The minimum Gasteiger partial charge on any atom is -0.347 e. The van der Waals surface area contributed by atoms with Crippen molar-refractivity contribution in [3.63, 3.8) is 0 Å². The molecule has 0 saturated carbocycles. The average Bonchev–Trinajstić information content (AvgIpc) is 3.19. The van der Waals surface area contributed by atoms with Crippen molar-refractivity contribution in [2.24, 2.45) is 5.92 Å². The fourth-order valence-electron chi connectivity index (χ4n) is 5.23. The smallest absolute Gasteiger partial charge is 0.317 e. The van der Waals surface area contributed by atoms with Gasteiger partial charge in [0, 0.05) is 55.4 Å². The van der Waals surface area contributed by atoms with Gasteiger partial charge in [0.2, 0.25) is 0 Å². The fourth-order valence-corrected chi connectivity index (χ4v) is 5.23. The van der Waals surface area contributed by atoms with E-state index in [2.05, 4.69) is 39.3 Å². The van der Waals surface area contributed by atoms with Crippen LogP contribution in [0, 0.1) is 5.92 Å². The molecule has 1 saturated heterocycles. The molecular weight excluding hydrogens is 398 g/mol. The number of carbonyl (C=O) groups is 1. The molecule has 2 aliphatic heterocycles. The van der Waals surface area contributed by atoms with Crippen LogP contribution in [0.15, 0.2) is 36.7 Å². The van der Waals surface area contributed by atoms with Gasteiger partial charge in [0.05, 0.1) is 11.2 Å². The third-order valence-electron chi connectivity index (χ3n) is 6.90. The second-order valence-electron chi connectivity index (χ2n) is 9.58. The zero-order valence-electron chi connectivity index (χ0n) is 19.2. The summed E-state index contributed by atoms with van der Waals surface area (Å²) in [6.45, 7) is 6.77. The second-order valence-corrected chi connectivity index (χ2v) is 9.58. The fraction of sp³-hybridized carbons (Fsp3) is 0.500. The van der Waals surface area contributed by atoms with E-state index in [-0.39, 0.29) is 12.1 Å². The normalized spacial score (nSPS) is 16.7. The van der Waals surface area contributed by atoms with Crippen LogP contribution < -0.4 is 5.32 Å². The van der Waals surface area contributed by atoms with Gasteiger partial charge in [0.25, 0.3) is 0 Å². The molecule has 2 aliphatic rings. The zero-order chi connectivity index (χ0) is 22.1. The molecule has 5 rings (SSSR count). The van der Waals surface area contributed by atoms with Crippen molar-refractivity contribution in [2.75, 3.05) is 13.1 Å². The number of aryl methyl sites for hydroxylation is 3. The molecule has 2 amide bonds. The Morgan fingerprint density at radius 2 is 2.03 bits per heavy atom. The summed E-state index contributed by atoms with van der Waals surface area (Å²) in [5.41, 5.74) is 5.07. The molecular formula is C26H33N5O. The molecule has 2 aromatic heterocycles. The SMILES string of the molecule is CC(C)NC(=O)N1CCC(CCc2nccc(-c3cn4c5c(cccc35)CCC4)n2)CC1. The molecule has 0 unspecified atom stereocenters. The first-order valence-corrected chi connectivity index (χ1v) is 12.1. The summed E-state index contributed by atoms with van der Waals surface area (Å²) in [7, 11) is 0. The van der Waals surface area contributed by atoms with Crippen molar-refractivity contribution in [3.8, 4) is 11.3 Å². The number of nitrogens with one attached hydrogen (secondary N) is 1. The van der Waals surface area contributed by atoms with Crippen molar-refractivity contribution in [3.05, 3.63) is 48.0 Å². The Kier molecular flexibility index (Phi) is 5.85. The number of nitrogens with zero attached hydrogens (tertiary/aromatic N) is 4. The molecule has 0 bridgehead atoms. The standard InChI is InChI=1S/C26H33N5O/c1-18(2)28-26(32)30-15-11-19(12-16-30)8-9-24-27-13-10-23(29-24)22-17-31-14-4-6-20-5-3-7-21(22)25(20)31/h3,5,7,10,13,17-19H,4,6,8-9,11-12,14-16H2,1-2H3,(H,28,32). The second kappa shape index (κ2) is 8.93. The highest BCUT2D eigenvalue weighted by atomic mass is 16.2. The monoisotopic (exact) mass is 431 g/mol. The number of piperidine rings is 1. The highest BCUT2D eigenvalue weighted by Gasteiger charge is 2.23. The molecule has 0 aliphatic carbocycles. The predicted octanol–water partition coefficient (Wildman–Crippen LogP) is 4.81. The lowest BCUT2D eigenvalue weighted by molar-refractivity contribution is 0.166. The Hall–Kier alpha value is -2.89. The topological polar surface area (TPSA) is 63.1 Å². The number of hydrogen-bond donors (Lipinski definition) is 1. The van der Waals surface area contributed by atoms with Gasteiger partial charge >= 0.3 is 6.03 Å². The molecule has 6 nitrogen and oxygen atoms in total. The van der Waals surface area contributed by atoms with Gasteiger partial charge in [-0.25, -0.2) is 14.8 Å². The highest BCUT2D eigenvalue weighted by molar-refractivity contribution is 5.97. The molecule has 6 heteroatoms. The van der Waals surface area contributed by atoms with E-state index in [1.54, 1.807) is 0 Å². The summed E-state index contributed by atoms with van der Waals surface area (Å²) in [6.07, 6.45) is 10.6. The number of para-hydroxylation sites is 1. The largest absolute Gasteiger partial charge is 0.347 e. The van der Waals surface area contributed by atoms with Crippen molar-refractivity contribution < 1.29 is 4.79 Å². The number of rotatable bonds is 5. The molecule has 4 heterocycles. The van der Waals surface area contributed by atoms with Crippen LogP contribution in [0.25, 0.3) is 22.2 Å². The average molecular weight is 432 g/mol. The molecule has 0 atom stereocenters. The molecule has 1 aromatic carbocycles. The molecule has 168 valence electrons. The van der Waals surface area contributed by atoms with Crippen LogP contribution >= 0.6 is 0 Å². The Morgan fingerprint density at radius 3 is 2.84 bits per heavy atom. The van der Waals surface area contributed by atoms with E-state index in [4.69, 9.17) is 4.98 Å². The minimum atomic E-state index is 0.0702. The van der Waals surface area contributed by atoms with Crippen LogP contribution in [0.2, 0.25) is 0 Å². The molecule has 3 aromatic rings. The number of hydrogen-bond acceptors (Lipinski definition) is 3. The van der Waals surface area contributed by atoms with Crippen LogP contribution in [0.4, 0.5) is 4.79 Å². The summed E-state index contributed by atoms with van der Waals surface area (Å²) in [5.74, 6) is 1.55. The van der Waals surface area contributed by atoms with Gasteiger partial charge in [-0.3, -0.25) is 0 Å². The Morgan fingerprint density at radius 1 is 1.19 bits per heavy atom. The lowest BCUT2D eigenvalue weighted by atomic mass is 9.92. The van der Waals surface area contributed by atoms with Gasteiger partial charge < -0.3 is 14.8 Å². The van der Waals surface area contributed by atoms with Crippen LogP contribution in [0.1, 0.15) is 50.9 Å². The summed E-state index contributed by atoms with van der Waals surface area (Å²) in [5, 5.41) is 4.30. The predicted molar refractivity (Wildman–Crippen MR) is 128 cm³/mol. The molecule has 0 spiro atoms. The van der Waals surface area contributed by atoms with Gasteiger partial charge in [-0.1, -0.05) is 18.2 Å². The van der Waals surface area contributed by atoms with Gasteiger partial charge in [0.1, 0.15) is 5.82 Å². The molecule has 1 N–H and O–H groups in total. The lowest BCUT2D eigenvalue weighted by Crippen LogP contribution is -2.46. The summed E-state index contributed by atoms with van der Waals surface area (Å²) in [4.78, 5) is 23.7. The van der Waals surface area contributed by atoms with Gasteiger partial charge in [0.15, 0.2) is 0 Å². The zero-order valence-corrected chi connectivity index (χ0v) is 19.2. The van der Waals surface area contributed by atoms with Crippen molar-refractivity contribution >= 4 is 16.9 Å². The van der Waals surface area contributed by atoms with Crippen LogP contribution in [-0.2, 0) is 19.4 Å². The number of aromatic nitrogens is 3. The van der Waals surface area contributed by atoms with Gasteiger partial charge in [-0.2, -0.15) is 0 Å². The maximum atomic E-state index is 12.2.